The number of phenolic OH excluding ortho intramolecular Hbond substituents is 1. The Balaban J connectivity index is 1.60. The summed E-state index contributed by atoms with van der Waals surface area (Å²) < 4.78 is 38.7. The standard InChI is InChI=1S/C42H47FN2O11/c1-17-11-10-12-18(2)41(52)45-32-37(50)29-28(31-39(32)55-27-15-19(3)24(43)16-25(27)44-31)30-38(23(7)36(29)49)56-42(8,40(30)51)54-14-13-26(53-9)20(4)34(47)22(6)35(48)21(5)33(17)46/h10-17,20-22,26,33-35,46-49H,1-9H3,(H,45,52)/b11-10+,14-13+,18-12-/t17-,20+,21+,22-,26-,33-,34+,35+,42-/m0/s1. The van der Waals surface area contributed by atoms with Gasteiger partial charge in [0.1, 0.15) is 34.2 Å². The molecule has 1 amide bonds. The number of nitrogens with one attached hydrogen (secondary N) is 1. The van der Waals surface area contributed by atoms with Gasteiger partial charge >= 0.3 is 5.79 Å². The summed E-state index contributed by atoms with van der Waals surface area (Å²) in [6.07, 6.45) is 3.31. The van der Waals surface area contributed by atoms with E-state index >= 15 is 0 Å². The lowest BCUT2D eigenvalue weighted by atomic mass is 9.78. The minimum absolute atomic E-state index is 0.0293. The van der Waals surface area contributed by atoms with E-state index in [-0.39, 0.29) is 67.0 Å². The lowest BCUT2D eigenvalue weighted by Gasteiger charge is -2.36. The zero-order chi connectivity index (χ0) is 41.1. The summed E-state index contributed by atoms with van der Waals surface area (Å²) in [5.74, 6) is -7.48. The van der Waals surface area contributed by atoms with Crippen LogP contribution in [0.1, 0.15) is 63.0 Å². The molecule has 1 aliphatic carbocycles. The Morgan fingerprint density at radius 2 is 1.59 bits per heavy atom. The highest BCUT2D eigenvalue weighted by Crippen LogP contribution is 2.50. The number of benzene rings is 3. The SMILES string of the molecule is CO[C@H]1/C=C/O[C@@]2(C)Oc3c(C)c(O)c4c(=O)c(c5oc6cc(C)c(F)cc6nc-5c4c3C2=O)NC(=O)/C(C)=C\C=C\[C@H](C)[C@H](O)[C@@H](C)[C@@H](O)[C@@H](C)[C@H](O)[C@@H]1C. The number of phenols is 1. The molecule has 13 nitrogen and oxygen atoms in total. The molecular formula is C42H47FN2O11. The molecule has 4 bridgehead atoms. The van der Waals surface area contributed by atoms with Gasteiger partial charge in [0.2, 0.25) is 5.43 Å². The first-order chi connectivity index (χ1) is 26.3. The third-order valence-corrected chi connectivity index (χ3v) is 11.4. The van der Waals surface area contributed by atoms with Crippen LogP contribution in [0.4, 0.5) is 10.1 Å². The topological polar surface area (TPSA) is 198 Å². The predicted molar refractivity (Wildman–Crippen MR) is 206 cm³/mol. The zero-order valence-corrected chi connectivity index (χ0v) is 32.6. The van der Waals surface area contributed by atoms with Gasteiger partial charge in [-0.25, -0.2) is 9.37 Å². The van der Waals surface area contributed by atoms with E-state index in [2.05, 4.69) is 10.3 Å². The van der Waals surface area contributed by atoms with Gasteiger partial charge in [0.15, 0.2) is 11.3 Å². The molecule has 56 heavy (non-hydrogen) atoms. The number of rotatable bonds is 1. The predicted octanol–water partition coefficient (Wildman–Crippen LogP) is 5.83. The van der Waals surface area contributed by atoms with Crippen LogP contribution in [0, 0.1) is 43.3 Å². The first-order valence-corrected chi connectivity index (χ1v) is 18.4. The molecule has 0 spiro atoms. The average Bonchev–Trinajstić information content (AvgIpc) is 3.43. The Labute approximate surface area is 322 Å². The van der Waals surface area contributed by atoms with Crippen LogP contribution in [0.25, 0.3) is 33.3 Å². The maximum absolute atomic E-state index is 14.9. The summed E-state index contributed by atoms with van der Waals surface area (Å²) in [6.45, 7) is 12.6. The summed E-state index contributed by atoms with van der Waals surface area (Å²) in [5.41, 5.74) is -1.06. The van der Waals surface area contributed by atoms with Crippen LogP contribution in [-0.4, -0.2) is 74.4 Å². The Hall–Kier alpha value is -5.15. The Morgan fingerprint density at radius 1 is 0.929 bits per heavy atom. The van der Waals surface area contributed by atoms with Crippen molar-refractivity contribution in [2.45, 2.75) is 85.6 Å². The molecule has 14 heteroatoms. The molecule has 3 heterocycles. The van der Waals surface area contributed by atoms with Crippen molar-refractivity contribution >= 4 is 39.2 Å². The van der Waals surface area contributed by atoms with Gasteiger partial charge in [0.05, 0.1) is 41.6 Å². The van der Waals surface area contributed by atoms with E-state index in [0.29, 0.717) is 0 Å². The number of ether oxygens (including phenoxy) is 3. The summed E-state index contributed by atoms with van der Waals surface area (Å²) >= 11 is 0. The lowest BCUT2D eigenvalue weighted by Crippen LogP contribution is -2.44. The van der Waals surface area contributed by atoms with Crippen LogP contribution in [0.2, 0.25) is 0 Å². The Kier molecular flexibility index (Phi) is 10.9. The molecule has 0 radical (unpaired) electrons. The number of amides is 1. The van der Waals surface area contributed by atoms with Crippen LogP contribution in [0.15, 0.2) is 57.5 Å². The summed E-state index contributed by atoms with van der Waals surface area (Å²) in [4.78, 5) is 47.2. The Bertz CT molecular complexity index is 2370. The quantitative estimate of drug-likeness (QED) is 0.115. The first-order valence-electron chi connectivity index (χ1n) is 18.4. The number of hydrogen-bond donors (Lipinski definition) is 5. The number of aromatic nitrogens is 1. The number of Topliss-reactive ketones (excluding diaryl/α,β-unsaturated/α-hetero) is 1. The molecule has 0 fully saturated rings. The van der Waals surface area contributed by atoms with E-state index in [1.807, 2.05) is 0 Å². The number of aliphatic hydroxyl groups is 3. The zero-order valence-electron chi connectivity index (χ0n) is 32.6. The molecule has 5 N–H and O–H groups in total. The van der Waals surface area contributed by atoms with Crippen molar-refractivity contribution in [1.29, 1.82) is 0 Å². The van der Waals surface area contributed by atoms with Crippen LogP contribution in [-0.2, 0) is 14.3 Å². The fourth-order valence-corrected chi connectivity index (χ4v) is 7.54. The van der Waals surface area contributed by atoms with Gasteiger partial charge in [-0.15, -0.1) is 0 Å². The molecule has 298 valence electrons. The third-order valence-electron chi connectivity index (χ3n) is 11.4. The maximum Gasteiger partial charge on any atom is 0.312 e. The second kappa shape index (κ2) is 15.1. The van der Waals surface area contributed by atoms with Gasteiger partial charge < -0.3 is 44.4 Å². The number of aromatic hydroxyl groups is 1. The molecule has 0 aromatic heterocycles. The molecule has 4 aliphatic rings. The number of carbonyl (C=O) groups excluding carboxylic acids is 2. The van der Waals surface area contributed by atoms with Crippen LogP contribution in [0.3, 0.4) is 0 Å². The fourth-order valence-electron chi connectivity index (χ4n) is 7.54. The second-order valence-electron chi connectivity index (χ2n) is 15.2. The minimum atomic E-state index is -2.04. The fraction of sp³-hybridized carbons (Fsp3) is 0.429. The monoisotopic (exact) mass is 774 g/mol. The number of nitrogens with zero attached hydrogens (tertiary/aromatic N) is 1. The third kappa shape index (κ3) is 6.74. The van der Waals surface area contributed by atoms with Crippen molar-refractivity contribution in [3.8, 4) is 23.0 Å². The van der Waals surface area contributed by atoms with Crippen molar-refractivity contribution in [3.63, 3.8) is 0 Å². The normalized spacial score (nSPS) is 31.3. The number of aliphatic hydroxyl groups excluding tert-OH is 3. The number of allylic oxidation sites excluding steroid dienone is 2. The summed E-state index contributed by atoms with van der Waals surface area (Å²) in [7, 11) is 1.43. The number of anilines is 1. The van der Waals surface area contributed by atoms with Crippen molar-refractivity contribution in [2.24, 2.45) is 23.7 Å². The molecule has 0 unspecified atom stereocenters. The molecule has 9 atom stereocenters. The van der Waals surface area contributed by atoms with Crippen LogP contribution < -0.4 is 15.5 Å². The number of fused-ring (bicyclic) bond motifs is 2. The number of hydrogen-bond acceptors (Lipinski definition) is 12. The average molecular weight is 775 g/mol. The number of halogens is 1. The van der Waals surface area contributed by atoms with E-state index in [4.69, 9.17) is 18.6 Å². The van der Waals surface area contributed by atoms with Crippen LogP contribution in [0.5, 0.6) is 11.5 Å². The highest BCUT2D eigenvalue weighted by Gasteiger charge is 2.50. The molecule has 6 rings (SSSR count). The van der Waals surface area contributed by atoms with E-state index < -0.39 is 82.6 Å². The maximum atomic E-state index is 14.9. The molecular weight excluding hydrogens is 727 g/mol. The van der Waals surface area contributed by atoms with Gasteiger partial charge in [-0.1, -0.05) is 45.9 Å². The highest BCUT2D eigenvalue weighted by molar-refractivity contribution is 6.22. The van der Waals surface area contributed by atoms with Crippen molar-refractivity contribution in [1.82, 2.24) is 4.98 Å². The molecule has 2 aromatic carbocycles. The number of carbonyl (C=O) groups is 2. The van der Waals surface area contributed by atoms with E-state index in [0.717, 1.165) is 6.07 Å². The van der Waals surface area contributed by atoms with E-state index in [1.165, 1.54) is 59.3 Å². The minimum Gasteiger partial charge on any atom is -0.507 e. The first kappa shape index (κ1) is 40.5. The number of aryl methyl sites for hydroxylation is 1. The second-order valence-corrected chi connectivity index (χ2v) is 15.2. The van der Waals surface area contributed by atoms with Gasteiger partial charge in [0, 0.05) is 60.3 Å². The summed E-state index contributed by atoms with van der Waals surface area (Å²) in [6, 6.07) is 2.52. The van der Waals surface area contributed by atoms with E-state index in [1.54, 1.807) is 39.8 Å². The molecule has 0 saturated heterocycles. The smallest absolute Gasteiger partial charge is 0.312 e. The van der Waals surface area contributed by atoms with Crippen LogP contribution >= 0.6 is 0 Å². The van der Waals surface area contributed by atoms with Crippen molar-refractivity contribution in [3.05, 3.63) is 81.0 Å². The highest BCUT2D eigenvalue weighted by atomic mass is 19.1. The largest absolute Gasteiger partial charge is 0.507 e. The van der Waals surface area contributed by atoms with Gasteiger partial charge in [-0.3, -0.25) is 14.4 Å². The lowest BCUT2D eigenvalue weighted by molar-refractivity contribution is -0.112. The number of methoxy groups -OCH3 is 1. The summed E-state index contributed by atoms with van der Waals surface area (Å²) in [5, 5.41) is 47.5. The van der Waals surface area contributed by atoms with Crippen molar-refractivity contribution < 1.29 is 53.0 Å². The molecule has 3 aliphatic heterocycles. The van der Waals surface area contributed by atoms with Gasteiger partial charge in [-0.2, -0.15) is 0 Å². The molecule has 0 saturated carbocycles. The van der Waals surface area contributed by atoms with Crippen molar-refractivity contribution in [2.75, 3.05) is 12.4 Å². The molecule has 2 aromatic rings. The van der Waals surface area contributed by atoms with Gasteiger partial charge in [0.25, 0.3) is 11.7 Å². The Morgan fingerprint density at radius 3 is 2.27 bits per heavy atom. The number of ketones is 1. The van der Waals surface area contributed by atoms with Gasteiger partial charge in [-0.05, 0) is 38.5 Å². The van der Waals surface area contributed by atoms with E-state index in [9.17, 15) is 39.2 Å².